The summed E-state index contributed by atoms with van der Waals surface area (Å²) in [7, 11) is 0. The van der Waals surface area contributed by atoms with E-state index < -0.39 is 5.60 Å². The molecule has 1 aliphatic heterocycles. The van der Waals surface area contributed by atoms with E-state index in [4.69, 9.17) is 4.74 Å². The normalized spacial score (nSPS) is 62.9. The molecule has 1 heterocycles. The summed E-state index contributed by atoms with van der Waals surface area (Å²) in [6.45, 7) is 4.71. The summed E-state index contributed by atoms with van der Waals surface area (Å²) in [6, 6.07) is 0. The smallest absolute Gasteiger partial charge is 0.306 e. The Morgan fingerprint density at radius 3 is 2.64 bits per heavy atom. The highest BCUT2D eigenvalue weighted by atomic mass is 16.6. The standard InChI is InChI=1S/C24H30O4/c1-21-6-3-12(25)11-23(21,27)16-9-13(16)19-15(21)4-7-22(2)20(19)14-10-17(14)24(22)8-5-18(26)28-24/h9,14-17,19-20,27H,3-8,10-11H2,1-2H3. The van der Waals surface area contributed by atoms with E-state index in [1.165, 1.54) is 12.0 Å². The Morgan fingerprint density at radius 2 is 1.89 bits per heavy atom. The summed E-state index contributed by atoms with van der Waals surface area (Å²) >= 11 is 0. The third kappa shape index (κ3) is 1.51. The number of aliphatic hydroxyl groups is 1. The summed E-state index contributed by atoms with van der Waals surface area (Å²) < 4.78 is 6.18. The van der Waals surface area contributed by atoms with Crippen LogP contribution in [0.25, 0.3) is 0 Å². The van der Waals surface area contributed by atoms with Crippen LogP contribution in [0, 0.1) is 46.3 Å². The lowest BCUT2D eigenvalue weighted by atomic mass is 9.42. The van der Waals surface area contributed by atoms with Crippen molar-refractivity contribution in [2.45, 2.75) is 76.4 Å². The van der Waals surface area contributed by atoms with Gasteiger partial charge in [0.15, 0.2) is 0 Å². The van der Waals surface area contributed by atoms with E-state index in [0.717, 1.165) is 25.7 Å². The molecular formula is C24H30O4. The number of Topliss-reactive ketones (excluding diaryl/α,β-unsaturated/α-hetero) is 1. The number of esters is 1. The minimum Gasteiger partial charge on any atom is -0.458 e. The van der Waals surface area contributed by atoms with Gasteiger partial charge in [-0.2, -0.15) is 0 Å². The van der Waals surface area contributed by atoms with E-state index in [-0.39, 0.29) is 34.1 Å². The second-order valence-electron chi connectivity index (χ2n) is 11.7. The lowest BCUT2D eigenvalue weighted by Gasteiger charge is -2.63. The Balaban J connectivity index is 1.33. The number of ether oxygens (including phenoxy) is 1. The van der Waals surface area contributed by atoms with Gasteiger partial charge in [0.25, 0.3) is 0 Å². The minimum absolute atomic E-state index is 0.00827. The van der Waals surface area contributed by atoms with Crippen LogP contribution in [-0.2, 0) is 14.3 Å². The second kappa shape index (κ2) is 4.45. The van der Waals surface area contributed by atoms with Crippen LogP contribution in [0.3, 0.4) is 0 Å². The summed E-state index contributed by atoms with van der Waals surface area (Å²) in [4.78, 5) is 24.4. The molecule has 7 rings (SSSR count). The van der Waals surface area contributed by atoms with Crippen LogP contribution in [-0.4, -0.2) is 28.1 Å². The highest BCUT2D eigenvalue weighted by molar-refractivity contribution is 5.81. The lowest BCUT2D eigenvalue weighted by molar-refractivity contribution is -0.207. The molecule has 1 N–H and O–H groups in total. The molecule has 0 radical (unpaired) electrons. The molecule has 0 aromatic rings. The molecule has 0 bridgehead atoms. The van der Waals surface area contributed by atoms with Gasteiger partial charge in [-0.3, -0.25) is 9.59 Å². The summed E-state index contributed by atoms with van der Waals surface area (Å²) in [5, 5.41) is 11.7. The Bertz CT molecular complexity index is 876. The Kier molecular flexibility index (Phi) is 2.64. The zero-order valence-corrected chi connectivity index (χ0v) is 16.9. The van der Waals surface area contributed by atoms with Crippen LogP contribution in [0.5, 0.6) is 0 Å². The van der Waals surface area contributed by atoms with Gasteiger partial charge < -0.3 is 9.84 Å². The average Bonchev–Trinajstić information content (AvgIpc) is 3.54. The van der Waals surface area contributed by atoms with Crippen molar-refractivity contribution < 1.29 is 19.4 Å². The van der Waals surface area contributed by atoms with Gasteiger partial charge in [0.2, 0.25) is 0 Å². The Labute approximate surface area is 166 Å². The minimum atomic E-state index is -0.856. The first kappa shape index (κ1) is 16.6. The van der Waals surface area contributed by atoms with E-state index in [9.17, 15) is 14.7 Å². The maximum atomic E-state index is 12.3. The highest BCUT2D eigenvalue weighted by Gasteiger charge is 2.81. The number of hydrogen-bond acceptors (Lipinski definition) is 4. The molecule has 4 heteroatoms. The summed E-state index contributed by atoms with van der Waals surface area (Å²) in [5.41, 5.74) is 0.291. The second-order valence-corrected chi connectivity index (χ2v) is 11.7. The fourth-order valence-corrected chi connectivity index (χ4v) is 9.72. The molecule has 6 fully saturated rings. The van der Waals surface area contributed by atoms with Crippen molar-refractivity contribution in [3.8, 4) is 0 Å². The predicted octanol–water partition coefficient (Wildman–Crippen LogP) is 3.42. The fraction of sp³-hybridized carbons (Fsp3) is 0.833. The number of ketones is 1. The fourth-order valence-electron chi connectivity index (χ4n) is 9.72. The van der Waals surface area contributed by atoms with Gasteiger partial charge in [-0.25, -0.2) is 0 Å². The number of hydrogen-bond donors (Lipinski definition) is 1. The SMILES string of the molecule is CC12CCC(=O)CC1(O)C1C=C1C1C2CCC2(C)C1C1CC1C21CCC(=O)O1. The van der Waals surface area contributed by atoms with E-state index in [2.05, 4.69) is 19.9 Å². The maximum Gasteiger partial charge on any atom is 0.306 e. The molecule has 28 heavy (non-hydrogen) atoms. The van der Waals surface area contributed by atoms with E-state index in [1.54, 1.807) is 0 Å². The van der Waals surface area contributed by atoms with Crippen LogP contribution in [0.15, 0.2) is 11.6 Å². The number of fused-ring (bicyclic) bond motifs is 12. The molecule has 4 nitrogen and oxygen atoms in total. The number of carbonyl (C=O) groups is 2. The van der Waals surface area contributed by atoms with Crippen molar-refractivity contribution in [3.63, 3.8) is 0 Å². The Hall–Kier alpha value is -1.16. The first-order valence-electron chi connectivity index (χ1n) is 11.4. The van der Waals surface area contributed by atoms with Gasteiger partial charge in [-0.15, -0.1) is 0 Å². The van der Waals surface area contributed by atoms with E-state index in [0.29, 0.717) is 48.9 Å². The third-order valence-electron chi connectivity index (χ3n) is 11.1. The zero-order chi connectivity index (χ0) is 19.3. The van der Waals surface area contributed by atoms with E-state index in [1.807, 2.05) is 0 Å². The van der Waals surface area contributed by atoms with E-state index >= 15 is 0 Å². The molecule has 10 atom stereocenters. The molecule has 1 saturated heterocycles. The summed E-state index contributed by atoms with van der Waals surface area (Å²) in [5.74, 6) is 3.17. The van der Waals surface area contributed by atoms with Crippen LogP contribution < -0.4 is 0 Å². The maximum absolute atomic E-state index is 12.3. The van der Waals surface area contributed by atoms with Crippen LogP contribution in [0.1, 0.15) is 65.2 Å². The van der Waals surface area contributed by atoms with Crippen molar-refractivity contribution >= 4 is 11.8 Å². The van der Waals surface area contributed by atoms with Crippen molar-refractivity contribution in [2.75, 3.05) is 0 Å². The molecule has 6 aliphatic carbocycles. The van der Waals surface area contributed by atoms with Crippen molar-refractivity contribution in [1.29, 1.82) is 0 Å². The molecule has 7 aliphatic rings. The molecule has 1 spiro atoms. The summed E-state index contributed by atoms with van der Waals surface area (Å²) in [6.07, 6.45) is 9.00. The van der Waals surface area contributed by atoms with Crippen LogP contribution >= 0.6 is 0 Å². The van der Waals surface area contributed by atoms with Crippen LogP contribution in [0.2, 0.25) is 0 Å². The molecule has 0 aromatic heterocycles. The number of carbonyl (C=O) groups excluding carboxylic acids is 2. The van der Waals surface area contributed by atoms with Gasteiger partial charge in [0.05, 0.1) is 5.60 Å². The first-order chi connectivity index (χ1) is 13.3. The topological polar surface area (TPSA) is 63.6 Å². The first-order valence-corrected chi connectivity index (χ1v) is 11.4. The molecule has 150 valence electrons. The highest BCUT2D eigenvalue weighted by Crippen LogP contribution is 2.81. The average molecular weight is 383 g/mol. The monoisotopic (exact) mass is 382 g/mol. The lowest BCUT2D eigenvalue weighted by Crippen LogP contribution is -2.65. The molecule has 5 saturated carbocycles. The molecule has 0 amide bonds. The predicted molar refractivity (Wildman–Crippen MR) is 101 cm³/mol. The van der Waals surface area contributed by atoms with Gasteiger partial charge in [-0.05, 0) is 55.8 Å². The molecule has 0 aromatic carbocycles. The van der Waals surface area contributed by atoms with Crippen molar-refractivity contribution in [2.24, 2.45) is 46.3 Å². The van der Waals surface area contributed by atoms with Crippen LogP contribution in [0.4, 0.5) is 0 Å². The Morgan fingerprint density at radius 1 is 1.07 bits per heavy atom. The van der Waals surface area contributed by atoms with Crippen molar-refractivity contribution in [3.05, 3.63) is 11.6 Å². The largest absolute Gasteiger partial charge is 0.458 e. The quantitative estimate of drug-likeness (QED) is 0.515. The zero-order valence-electron chi connectivity index (χ0n) is 16.9. The number of rotatable bonds is 0. The molecular weight excluding hydrogens is 352 g/mol. The van der Waals surface area contributed by atoms with Gasteiger partial charge in [0, 0.05) is 41.9 Å². The van der Waals surface area contributed by atoms with Crippen molar-refractivity contribution in [1.82, 2.24) is 0 Å². The third-order valence-corrected chi connectivity index (χ3v) is 11.1. The van der Waals surface area contributed by atoms with Gasteiger partial charge >= 0.3 is 5.97 Å². The molecule has 10 unspecified atom stereocenters. The van der Waals surface area contributed by atoms with Gasteiger partial charge in [-0.1, -0.05) is 25.5 Å². The van der Waals surface area contributed by atoms with Gasteiger partial charge in [0.1, 0.15) is 11.4 Å².